The number of nitrogens with zero attached hydrogens (tertiary/aromatic N) is 2. The summed E-state index contributed by atoms with van der Waals surface area (Å²) < 4.78 is 5.21. The van der Waals surface area contributed by atoms with Crippen LogP contribution in [-0.2, 0) is 9.63 Å². The van der Waals surface area contributed by atoms with Crippen molar-refractivity contribution >= 4 is 11.6 Å². The van der Waals surface area contributed by atoms with E-state index in [0.717, 1.165) is 43.0 Å². The molecule has 2 aliphatic rings. The third-order valence-corrected chi connectivity index (χ3v) is 4.02. The van der Waals surface area contributed by atoms with Gasteiger partial charge in [0.1, 0.15) is 5.75 Å². The number of ether oxygens (including phenoxy) is 1. The molecule has 0 bridgehead atoms. The topological polar surface area (TPSA) is 51.1 Å². The van der Waals surface area contributed by atoms with E-state index in [1.165, 1.54) is 6.42 Å². The number of benzene rings is 1. The molecule has 5 heteroatoms. The summed E-state index contributed by atoms with van der Waals surface area (Å²) in [5, 5.41) is 4.09. The van der Waals surface area contributed by atoms with Gasteiger partial charge in [0.05, 0.1) is 12.8 Å². The number of amides is 1. The lowest BCUT2D eigenvalue weighted by Gasteiger charge is -2.28. The summed E-state index contributed by atoms with van der Waals surface area (Å²) >= 11 is 0. The molecule has 0 radical (unpaired) electrons. The summed E-state index contributed by atoms with van der Waals surface area (Å²) in [6.45, 7) is 1.68. The number of rotatable bonds is 3. The van der Waals surface area contributed by atoms with Crippen molar-refractivity contribution < 1.29 is 14.4 Å². The molecule has 2 heterocycles. The summed E-state index contributed by atoms with van der Waals surface area (Å²) in [4.78, 5) is 19.7. The second kappa shape index (κ2) is 6.16. The standard InChI is InChI=1S/C16H20N2O3/c1-20-13-7-5-6-12(10-13)14-11-15(21-17-14)16(19)18-8-3-2-4-9-18/h5-7,10,15H,2-4,8-9,11H2,1H3. The maximum absolute atomic E-state index is 12.4. The van der Waals surface area contributed by atoms with Crippen LogP contribution in [0.1, 0.15) is 31.2 Å². The predicted molar refractivity (Wildman–Crippen MR) is 79.5 cm³/mol. The van der Waals surface area contributed by atoms with Crippen molar-refractivity contribution in [1.82, 2.24) is 4.90 Å². The average Bonchev–Trinajstić information content (AvgIpc) is 3.05. The molecule has 0 spiro atoms. The van der Waals surface area contributed by atoms with Gasteiger partial charge in [-0.2, -0.15) is 0 Å². The highest BCUT2D eigenvalue weighted by Gasteiger charge is 2.32. The zero-order valence-corrected chi connectivity index (χ0v) is 12.2. The van der Waals surface area contributed by atoms with Gasteiger partial charge in [0.25, 0.3) is 5.91 Å². The largest absolute Gasteiger partial charge is 0.497 e. The minimum Gasteiger partial charge on any atom is -0.497 e. The number of hydrogen-bond acceptors (Lipinski definition) is 4. The molecule has 0 aromatic heterocycles. The van der Waals surface area contributed by atoms with E-state index in [1.54, 1.807) is 7.11 Å². The van der Waals surface area contributed by atoms with Crippen LogP contribution in [0.15, 0.2) is 29.4 Å². The van der Waals surface area contributed by atoms with Gasteiger partial charge >= 0.3 is 0 Å². The van der Waals surface area contributed by atoms with Gasteiger partial charge in [0.2, 0.25) is 6.10 Å². The zero-order chi connectivity index (χ0) is 14.7. The molecular weight excluding hydrogens is 268 g/mol. The van der Waals surface area contributed by atoms with Gasteiger partial charge in [-0.1, -0.05) is 17.3 Å². The maximum Gasteiger partial charge on any atom is 0.266 e. The Morgan fingerprint density at radius 3 is 2.90 bits per heavy atom. The molecule has 0 saturated carbocycles. The van der Waals surface area contributed by atoms with Crippen molar-refractivity contribution in [2.75, 3.05) is 20.2 Å². The van der Waals surface area contributed by atoms with Gasteiger partial charge in [0.15, 0.2) is 0 Å². The molecule has 112 valence electrons. The monoisotopic (exact) mass is 288 g/mol. The average molecular weight is 288 g/mol. The Hall–Kier alpha value is -2.04. The molecule has 21 heavy (non-hydrogen) atoms. The van der Waals surface area contributed by atoms with E-state index < -0.39 is 6.10 Å². The summed E-state index contributed by atoms with van der Waals surface area (Å²) in [5.41, 5.74) is 1.76. The van der Waals surface area contributed by atoms with Crippen LogP contribution in [0, 0.1) is 0 Å². The van der Waals surface area contributed by atoms with Crippen LogP contribution in [0.4, 0.5) is 0 Å². The van der Waals surface area contributed by atoms with Gasteiger partial charge in [-0.3, -0.25) is 4.79 Å². The molecule has 2 aliphatic heterocycles. The minimum absolute atomic E-state index is 0.0661. The highest BCUT2D eigenvalue weighted by Crippen LogP contribution is 2.22. The molecule has 1 unspecified atom stereocenters. The van der Waals surface area contributed by atoms with Crippen LogP contribution in [0.25, 0.3) is 0 Å². The van der Waals surface area contributed by atoms with Crippen LogP contribution in [0.2, 0.25) is 0 Å². The Labute approximate surface area is 124 Å². The van der Waals surface area contributed by atoms with Gasteiger partial charge in [-0.15, -0.1) is 0 Å². The Morgan fingerprint density at radius 2 is 2.14 bits per heavy atom. The normalized spacial score (nSPS) is 21.7. The Kier molecular flexibility index (Phi) is 4.08. The quantitative estimate of drug-likeness (QED) is 0.856. The molecule has 3 rings (SSSR count). The van der Waals surface area contributed by atoms with Gasteiger partial charge in [-0.05, 0) is 31.4 Å². The van der Waals surface area contributed by atoms with E-state index in [0.29, 0.717) is 6.42 Å². The lowest BCUT2D eigenvalue weighted by molar-refractivity contribution is -0.143. The second-order valence-corrected chi connectivity index (χ2v) is 5.45. The first-order valence-corrected chi connectivity index (χ1v) is 7.44. The highest BCUT2D eigenvalue weighted by atomic mass is 16.6. The molecule has 1 fully saturated rings. The molecule has 1 aromatic carbocycles. The summed E-state index contributed by atoms with van der Waals surface area (Å²) in [7, 11) is 1.63. The number of methoxy groups -OCH3 is 1. The fourth-order valence-corrected chi connectivity index (χ4v) is 2.80. The fraction of sp³-hybridized carbons (Fsp3) is 0.500. The van der Waals surface area contributed by atoms with Crippen LogP contribution in [0.5, 0.6) is 5.75 Å². The van der Waals surface area contributed by atoms with E-state index in [2.05, 4.69) is 5.16 Å². The van der Waals surface area contributed by atoms with E-state index in [1.807, 2.05) is 29.2 Å². The van der Waals surface area contributed by atoms with E-state index >= 15 is 0 Å². The molecule has 5 nitrogen and oxygen atoms in total. The van der Waals surface area contributed by atoms with Crippen LogP contribution in [-0.4, -0.2) is 42.8 Å². The van der Waals surface area contributed by atoms with Gasteiger partial charge < -0.3 is 14.5 Å². The lowest BCUT2D eigenvalue weighted by atomic mass is 10.0. The third kappa shape index (κ3) is 3.01. The Bertz CT molecular complexity index is 550. The van der Waals surface area contributed by atoms with Crippen LogP contribution < -0.4 is 4.74 Å². The third-order valence-electron chi connectivity index (χ3n) is 4.02. The first-order chi connectivity index (χ1) is 10.3. The first kappa shape index (κ1) is 13.9. The number of oxime groups is 1. The Morgan fingerprint density at radius 1 is 1.33 bits per heavy atom. The predicted octanol–water partition coefficient (Wildman–Crippen LogP) is 2.20. The van der Waals surface area contributed by atoms with Crippen molar-refractivity contribution in [1.29, 1.82) is 0 Å². The molecule has 0 aliphatic carbocycles. The smallest absolute Gasteiger partial charge is 0.266 e. The molecule has 0 N–H and O–H groups in total. The van der Waals surface area contributed by atoms with Crippen LogP contribution >= 0.6 is 0 Å². The van der Waals surface area contributed by atoms with Crippen molar-refractivity contribution in [3.63, 3.8) is 0 Å². The van der Waals surface area contributed by atoms with Crippen molar-refractivity contribution in [3.05, 3.63) is 29.8 Å². The summed E-state index contributed by atoms with van der Waals surface area (Å²) in [6, 6.07) is 7.67. The Balaban J connectivity index is 1.65. The molecule has 1 amide bonds. The molecule has 1 aromatic rings. The molecular formula is C16H20N2O3. The van der Waals surface area contributed by atoms with Crippen molar-refractivity contribution in [2.24, 2.45) is 5.16 Å². The number of hydrogen-bond donors (Lipinski definition) is 0. The molecule has 1 atom stereocenters. The molecule has 1 saturated heterocycles. The fourth-order valence-electron chi connectivity index (χ4n) is 2.80. The van der Waals surface area contributed by atoms with Crippen LogP contribution in [0.3, 0.4) is 0 Å². The summed E-state index contributed by atoms with van der Waals surface area (Å²) in [5.74, 6) is 0.845. The maximum atomic E-state index is 12.4. The SMILES string of the molecule is COc1cccc(C2=NOC(C(=O)N3CCCCC3)C2)c1. The van der Waals surface area contributed by atoms with E-state index in [-0.39, 0.29) is 5.91 Å². The number of carbonyl (C=O) groups is 1. The minimum atomic E-state index is -0.468. The van der Waals surface area contributed by atoms with Crippen molar-refractivity contribution in [2.45, 2.75) is 31.8 Å². The lowest BCUT2D eigenvalue weighted by Crippen LogP contribution is -2.42. The highest BCUT2D eigenvalue weighted by molar-refractivity contribution is 6.04. The summed E-state index contributed by atoms with van der Waals surface area (Å²) in [6.07, 6.45) is 3.44. The number of carbonyl (C=O) groups excluding carboxylic acids is 1. The van der Waals surface area contributed by atoms with Gasteiger partial charge in [-0.25, -0.2) is 0 Å². The van der Waals surface area contributed by atoms with E-state index in [9.17, 15) is 4.79 Å². The van der Waals surface area contributed by atoms with Crippen molar-refractivity contribution in [3.8, 4) is 5.75 Å². The van der Waals surface area contributed by atoms with Gasteiger partial charge in [0, 0.05) is 25.1 Å². The first-order valence-electron chi connectivity index (χ1n) is 7.44. The number of piperidine rings is 1. The zero-order valence-electron chi connectivity index (χ0n) is 12.2. The van der Waals surface area contributed by atoms with E-state index in [4.69, 9.17) is 9.57 Å². The number of likely N-dealkylation sites (tertiary alicyclic amines) is 1. The second-order valence-electron chi connectivity index (χ2n) is 5.45.